The number of rotatable bonds is 2. The van der Waals surface area contributed by atoms with Crippen molar-refractivity contribution in [1.82, 2.24) is 19.6 Å². The van der Waals surface area contributed by atoms with E-state index in [0.29, 0.717) is 12.1 Å². The molecule has 0 spiro atoms. The fraction of sp³-hybridized carbons (Fsp3) is 0.800. The van der Waals surface area contributed by atoms with Crippen LogP contribution in [0.5, 0.6) is 5.88 Å². The molecule has 1 saturated heterocycles. The number of nitrogens with zero attached hydrogens (tertiary/aromatic N) is 4. The Morgan fingerprint density at radius 2 is 1.95 bits per heavy atom. The topological polar surface area (TPSA) is 33.5 Å². The van der Waals surface area contributed by atoms with Gasteiger partial charge in [-0.1, -0.05) is 20.8 Å². The second-order valence-corrected chi connectivity index (χ2v) is 7.33. The third kappa shape index (κ3) is 2.33. The van der Waals surface area contributed by atoms with Gasteiger partial charge in [-0.15, -0.1) is 0 Å². The monoisotopic (exact) mass is 278 g/mol. The van der Waals surface area contributed by atoms with Crippen LogP contribution in [0, 0.1) is 0 Å². The Morgan fingerprint density at radius 1 is 1.25 bits per heavy atom. The molecule has 2 aliphatic heterocycles. The average molecular weight is 278 g/mol. The Hall–Kier alpha value is -1.07. The first-order valence-corrected chi connectivity index (χ1v) is 7.46. The van der Waals surface area contributed by atoms with Gasteiger partial charge in [0.25, 0.3) is 0 Å². The van der Waals surface area contributed by atoms with E-state index in [1.165, 1.54) is 5.56 Å². The van der Waals surface area contributed by atoms with Crippen LogP contribution in [0.25, 0.3) is 0 Å². The van der Waals surface area contributed by atoms with Crippen LogP contribution in [-0.4, -0.2) is 65.5 Å². The third-order valence-corrected chi connectivity index (χ3v) is 4.53. The minimum Gasteiger partial charge on any atom is -0.476 e. The van der Waals surface area contributed by atoms with Crippen molar-refractivity contribution in [3.05, 3.63) is 11.8 Å². The Balaban J connectivity index is 1.67. The molecule has 20 heavy (non-hydrogen) atoms. The number of hydrogen-bond acceptors (Lipinski definition) is 4. The minimum atomic E-state index is 0.0905. The van der Waals surface area contributed by atoms with Gasteiger partial charge in [0.2, 0.25) is 5.88 Å². The number of likely N-dealkylation sites (N-methyl/N-ethyl adjacent to an activating group) is 1. The van der Waals surface area contributed by atoms with E-state index in [1.54, 1.807) is 0 Å². The quantitative estimate of drug-likeness (QED) is 0.814. The summed E-state index contributed by atoms with van der Waals surface area (Å²) in [5.74, 6) is 0.971. The molecule has 0 aliphatic carbocycles. The molecule has 0 amide bonds. The lowest BCUT2D eigenvalue weighted by atomic mass is 9.89. The van der Waals surface area contributed by atoms with E-state index in [-0.39, 0.29) is 5.41 Å². The molecule has 5 heteroatoms. The predicted molar refractivity (Wildman–Crippen MR) is 79.3 cm³/mol. The zero-order chi connectivity index (χ0) is 14.5. The van der Waals surface area contributed by atoms with Gasteiger partial charge in [0, 0.05) is 24.7 Å². The Labute approximate surface area is 121 Å². The Bertz CT molecular complexity index is 483. The van der Waals surface area contributed by atoms with Crippen molar-refractivity contribution in [1.29, 1.82) is 0 Å². The van der Waals surface area contributed by atoms with E-state index >= 15 is 0 Å². The predicted octanol–water partition coefficient (Wildman–Crippen LogP) is 1.19. The van der Waals surface area contributed by atoms with Crippen molar-refractivity contribution >= 4 is 0 Å². The van der Waals surface area contributed by atoms with Crippen molar-refractivity contribution in [3.8, 4) is 5.88 Å². The summed E-state index contributed by atoms with van der Waals surface area (Å²) in [4.78, 5) is 4.81. The van der Waals surface area contributed by atoms with Gasteiger partial charge in [0.15, 0.2) is 0 Å². The molecule has 3 rings (SSSR count). The molecule has 1 aromatic heterocycles. The number of likely N-dealkylation sites (tertiary alicyclic amines) is 1. The van der Waals surface area contributed by atoms with Gasteiger partial charge in [0.1, 0.15) is 6.61 Å². The highest BCUT2D eigenvalue weighted by atomic mass is 16.5. The lowest BCUT2D eigenvalue weighted by molar-refractivity contribution is -0.0104. The lowest BCUT2D eigenvalue weighted by Gasteiger charge is -2.47. The summed E-state index contributed by atoms with van der Waals surface area (Å²) >= 11 is 0. The van der Waals surface area contributed by atoms with E-state index in [2.05, 4.69) is 49.8 Å². The second-order valence-electron chi connectivity index (χ2n) is 7.33. The normalized spacial score (nSPS) is 24.4. The lowest BCUT2D eigenvalue weighted by Crippen LogP contribution is -2.63. The summed E-state index contributed by atoms with van der Waals surface area (Å²) in [7, 11) is 4.31. The van der Waals surface area contributed by atoms with Crippen LogP contribution in [-0.2, 0) is 12.0 Å². The van der Waals surface area contributed by atoms with Crippen LogP contribution < -0.4 is 4.74 Å². The van der Waals surface area contributed by atoms with Crippen molar-refractivity contribution in [2.75, 3.05) is 33.8 Å². The summed E-state index contributed by atoms with van der Waals surface area (Å²) in [5.41, 5.74) is 1.30. The van der Waals surface area contributed by atoms with Gasteiger partial charge >= 0.3 is 0 Å². The molecule has 0 saturated carbocycles. The van der Waals surface area contributed by atoms with Crippen LogP contribution in [0.4, 0.5) is 0 Å². The highest BCUT2D eigenvalue weighted by Gasteiger charge is 2.37. The van der Waals surface area contributed by atoms with Crippen molar-refractivity contribution in [2.45, 2.75) is 44.8 Å². The molecule has 0 radical (unpaired) electrons. The molecule has 1 aromatic rings. The molecule has 3 heterocycles. The van der Waals surface area contributed by atoms with Crippen molar-refractivity contribution in [2.24, 2.45) is 0 Å². The first kappa shape index (κ1) is 13.9. The van der Waals surface area contributed by atoms with Gasteiger partial charge in [0.05, 0.1) is 18.8 Å². The summed E-state index contributed by atoms with van der Waals surface area (Å²) in [5, 5.41) is 4.52. The van der Waals surface area contributed by atoms with Crippen LogP contribution in [0.15, 0.2) is 6.20 Å². The molecular formula is C15H26N4O. The number of ether oxygens (including phenoxy) is 1. The molecule has 1 atom stereocenters. The Kier molecular flexibility index (Phi) is 3.29. The zero-order valence-corrected chi connectivity index (χ0v) is 13.3. The van der Waals surface area contributed by atoms with Gasteiger partial charge in [-0.2, -0.15) is 5.10 Å². The SMILES string of the molecule is CN(C)C1CN(C2COc3c(C(C)(C)C)cnn3C2)C1. The van der Waals surface area contributed by atoms with E-state index in [9.17, 15) is 0 Å². The van der Waals surface area contributed by atoms with Crippen LogP contribution >= 0.6 is 0 Å². The maximum absolute atomic E-state index is 6.03. The van der Waals surface area contributed by atoms with Gasteiger partial charge < -0.3 is 9.64 Å². The fourth-order valence-corrected chi connectivity index (χ4v) is 2.93. The molecular weight excluding hydrogens is 252 g/mol. The van der Waals surface area contributed by atoms with Crippen LogP contribution in [0.1, 0.15) is 26.3 Å². The van der Waals surface area contributed by atoms with Gasteiger partial charge in [-0.25, -0.2) is 4.68 Å². The molecule has 0 aromatic carbocycles. The number of fused-ring (bicyclic) bond motifs is 1. The summed E-state index contributed by atoms with van der Waals surface area (Å²) < 4.78 is 8.07. The molecule has 112 valence electrons. The summed E-state index contributed by atoms with van der Waals surface area (Å²) in [6.07, 6.45) is 1.97. The van der Waals surface area contributed by atoms with E-state index < -0.39 is 0 Å². The van der Waals surface area contributed by atoms with Crippen LogP contribution in [0.2, 0.25) is 0 Å². The largest absolute Gasteiger partial charge is 0.476 e. The minimum absolute atomic E-state index is 0.0905. The van der Waals surface area contributed by atoms with Crippen LogP contribution in [0.3, 0.4) is 0 Å². The summed E-state index contributed by atoms with van der Waals surface area (Å²) in [6.45, 7) is 10.6. The zero-order valence-electron chi connectivity index (χ0n) is 13.3. The molecule has 1 unspecified atom stereocenters. The third-order valence-electron chi connectivity index (χ3n) is 4.53. The van der Waals surface area contributed by atoms with Gasteiger partial charge in [-0.3, -0.25) is 4.90 Å². The first-order chi connectivity index (χ1) is 9.36. The standard InChI is InChI=1S/C15H26N4O/c1-15(2,3)13-6-16-19-9-12(10-20-14(13)19)18-7-11(8-18)17(4)5/h6,11-12H,7-10H2,1-5H3. The smallest absolute Gasteiger partial charge is 0.215 e. The second kappa shape index (κ2) is 4.74. The van der Waals surface area contributed by atoms with E-state index in [0.717, 1.165) is 32.1 Å². The van der Waals surface area contributed by atoms with Crippen molar-refractivity contribution < 1.29 is 4.74 Å². The summed E-state index contributed by atoms with van der Waals surface area (Å²) in [6, 6.07) is 1.16. The van der Waals surface area contributed by atoms with E-state index in [1.807, 2.05) is 10.9 Å². The molecule has 5 nitrogen and oxygen atoms in total. The van der Waals surface area contributed by atoms with E-state index in [4.69, 9.17) is 4.74 Å². The Morgan fingerprint density at radius 3 is 2.55 bits per heavy atom. The molecule has 0 N–H and O–H groups in total. The fourth-order valence-electron chi connectivity index (χ4n) is 2.93. The van der Waals surface area contributed by atoms with Crippen molar-refractivity contribution in [3.63, 3.8) is 0 Å². The molecule has 2 aliphatic rings. The first-order valence-electron chi connectivity index (χ1n) is 7.46. The van der Waals surface area contributed by atoms with Gasteiger partial charge in [-0.05, 0) is 19.5 Å². The maximum atomic E-state index is 6.03. The maximum Gasteiger partial charge on any atom is 0.215 e. The molecule has 1 fully saturated rings. The highest BCUT2D eigenvalue weighted by Crippen LogP contribution is 2.34. The number of aromatic nitrogens is 2. The molecule has 0 bridgehead atoms. The average Bonchev–Trinajstić information content (AvgIpc) is 2.68. The number of hydrogen-bond donors (Lipinski definition) is 0. The highest BCUT2D eigenvalue weighted by molar-refractivity contribution is 5.32.